The average molecular weight is 376 g/mol. The van der Waals surface area contributed by atoms with E-state index in [2.05, 4.69) is 10.3 Å². The second kappa shape index (κ2) is 9.13. The molecule has 0 fully saturated rings. The van der Waals surface area contributed by atoms with Crippen molar-refractivity contribution in [2.45, 2.75) is 32.9 Å². The molecule has 0 aliphatic carbocycles. The third-order valence-electron chi connectivity index (χ3n) is 4.38. The lowest BCUT2D eigenvalue weighted by Crippen LogP contribution is -2.43. The van der Waals surface area contributed by atoms with Gasteiger partial charge in [-0.25, -0.2) is 4.79 Å². The number of pyridine rings is 1. The van der Waals surface area contributed by atoms with Crippen LogP contribution < -0.4 is 5.32 Å². The summed E-state index contributed by atoms with van der Waals surface area (Å²) in [6.45, 7) is 4.17. The standard InChI is InChI=1S/C23H24N2O3/c1-16(2)12-21(23(27)28-15-17-8-4-3-5-9-17)25-22(26)20-13-18-10-6-7-11-19(18)14-24-20/h3-11,13-14,16,21H,12,15H2,1-2H3,(H,25,26)/t21-/m0/s1. The van der Waals surface area contributed by atoms with E-state index in [0.29, 0.717) is 6.42 Å². The number of benzene rings is 2. The maximum atomic E-state index is 12.7. The molecule has 0 aliphatic rings. The van der Waals surface area contributed by atoms with E-state index in [1.54, 1.807) is 12.3 Å². The van der Waals surface area contributed by atoms with Crippen molar-refractivity contribution in [3.63, 3.8) is 0 Å². The van der Waals surface area contributed by atoms with Crippen LogP contribution in [0.1, 0.15) is 36.3 Å². The van der Waals surface area contributed by atoms with Gasteiger partial charge in [0.1, 0.15) is 18.3 Å². The van der Waals surface area contributed by atoms with Crippen LogP contribution in [-0.2, 0) is 16.1 Å². The first-order valence-corrected chi connectivity index (χ1v) is 9.39. The highest BCUT2D eigenvalue weighted by Gasteiger charge is 2.24. The van der Waals surface area contributed by atoms with Crippen molar-refractivity contribution in [3.8, 4) is 0 Å². The number of ether oxygens (including phenoxy) is 1. The molecular formula is C23H24N2O3. The molecular weight excluding hydrogens is 352 g/mol. The Morgan fingerprint density at radius 2 is 1.68 bits per heavy atom. The molecule has 5 heteroatoms. The van der Waals surface area contributed by atoms with Gasteiger partial charge in [0, 0.05) is 11.6 Å². The molecule has 1 aromatic heterocycles. The smallest absolute Gasteiger partial charge is 0.328 e. The maximum absolute atomic E-state index is 12.7. The number of carbonyl (C=O) groups is 2. The van der Waals surface area contributed by atoms with Gasteiger partial charge in [0.25, 0.3) is 5.91 Å². The topological polar surface area (TPSA) is 68.3 Å². The minimum Gasteiger partial charge on any atom is -0.459 e. The van der Waals surface area contributed by atoms with Crippen LogP contribution in [0.25, 0.3) is 10.8 Å². The first-order valence-electron chi connectivity index (χ1n) is 9.39. The lowest BCUT2D eigenvalue weighted by Gasteiger charge is -2.19. The Balaban J connectivity index is 1.69. The van der Waals surface area contributed by atoms with Crippen molar-refractivity contribution in [1.82, 2.24) is 10.3 Å². The van der Waals surface area contributed by atoms with E-state index in [9.17, 15) is 9.59 Å². The molecule has 1 atom stereocenters. The number of nitrogens with zero attached hydrogens (tertiary/aromatic N) is 1. The van der Waals surface area contributed by atoms with E-state index >= 15 is 0 Å². The van der Waals surface area contributed by atoms with E-state index in [0.717, 1.165) is 16.3 Å². The molecule has 28 heavy (non-hydrogen) atoms. The van der Waals surface area contributed by atoms with E-state index < -0.39 is 12.0 Å². The molecule has 0 radical (unpaired) electrons. The van der Waals surface area contributed by atoms with Crippen LogP contribution in [0.5, 0.6) is 0 Å². The Hall–Kier alpha value is -3.21. The number of fused-ring (bicyclic) bond motifs is 1. The van der Waals surface area contributed by atoms with Gasteiger partial charge in [-0.2, -0.15) is 0 Å². The van der Waals surface area contributed by atoms with Crippen molar-refractivity contribution in [3.05, 3.63) is 78.1 Å². The highest BCUT2D eigenvalue weighted by Crippen LogP contribution is 2.14. The highest BCUT2D eigenvalue weighted by molar-refractivity contribution is 5.98. The molecule has 1 amide bonds. The van der Waals surface area contributed by atoms with Crippen molar-refractivity contribution >= 4 is 22.6 Å². The molecule has 144 valence electrons. The molecule has 3 aromatic rings. The van der Waals surface area contributed by atoms with Crippen molar-refractivity contribution in [1.29, 1.82) is 0 Å². The maximum Gasteiger partial charge on any atom is 0.328 e. The number of hydrogen-bond donors (Lipinski definition) is 1. The largest absolute Gasteiger partial charge is 0.459 e. The third-order valence-corrected chi connectivity index (χ3v) is 4.38. The fourth-order valence-electron chi connectivity index (χ4n) is 2.95. The molecule has 3 rings (SSSR count). The number of nitrogens with one attached hydrogen (secondary N) is 1. The van der Waals surface area contributed by atoms with Crippen LogP contribution in [0.2, 0.25) is 0 Å². The summed E-state index contributed by atoms with van der Waals surface area (Å²) in [7, 11) is 0. The number of esters is 1. The zero-order valence-electron chi connectivity index (χ0n) is 16.1. The average Bonchev–Trinajstić information content (AvgIpc) is 2.71. The van der Waals surface area contributed by atoms with Crippen LogP contribution in [0.3, 0.4) is 0 Å². The number of aromatic nitrogens is 1. The fraction of sp³-hybridized carbons (Fsp3) is 0.261. The van der Waals surface area contributed by atoms with Gasteiger partial charge < -0.3 is 10.1 Å². The molecule has 0 aliphatic heterocycles. The Morgan fingerprint density at radius 3 is 2.39 bits per heavy atom. The molecule has 0 saturated heterocycles. The predicted molar refractivity (Wildman–Crippen MR) is 109 cm³/mol. The summed E-state index contributed by atoms with van der Waals surface area (Å²) in [5.41, 5.74) is 1.19. The Bertz CT molecular complexity index is 954. The van der Waals surface area contributed by atoms with Crippen LogP contribution in [-0.4, -0.2) is 22.9 Å². The SMILES string of the molecule is CC(C)C[C@H](NC(=O)c1cc2ccccc2cn1)C(=O)OCc1ccccc1. The quantitative estimate of drug-likeness (QED) is 0.630. The summed E-state index contributed by atoms with van der Waals surface area (Å²) < 4.78 is 5.42. The molecule has 2 aromatic carbocycles. The zero-order valence-corrected chi connectivity index (χ0v) is 16.1. The molecule has 0 saturated carbocycles. The summed E-state index contributed by atoms with van der Waals surface area (Å²) in [5.74, 6) is -0.598. The molecule has 0 bridgehead atoms. The monoisotopic (exact) mass is 376 g/mol. The fourth-order valence-corrected chi connectivity index (χ4v) is 2.95. The van der Waals surface area contributed by atoms with Crippen LogP contribution in [0.4, 0.5) is 0 Å². The number of hydrogen-bond acceptors (Lipinski definition) is 4. The van der Waals surface area contributed by atoms with Crippen LogP contribution >= 0.6 is 0 Å². The summed E-state index contributed by atoms with van der Waals surface area (Å²) >= 11 is 0. The van der Waals surface area contributed by atoms with Crippen LogP contribution in [0.15, 0.2) is 66.9 Å². The summed E-state index contributed by atoms with van der Waals surface area (Å²) in [6, 6.07) is 18.2. The Labute approximate surface area is 164 Å². The Kier molecular flexibility index (Phi) is 6.37. The van der Waals surface area contributed by atoms with Gasteiger partial charge in [0.15, 0.2) is 0 Å². The summed E-state index contributed by atoms with van der Waals surface area (Å²) in [5, 5.41) is 4.67. The Morgan fingerprint density at radius 1 is 1.00 bits per heavy atom. The van der Waals surface area contributed by atoms with E-state index in [4.69, 9.17) is 4.74 Å². The van der Waals surface area contributed by atoms with Gasteiger partial charge in [0.2, 0.25) is 0 Å². The van der Waals surface area contributed by atoms with Gasteiger partial charge >= 0.3 is 5.97 Å². The van der Waals surface area contributed by atoms with Gasteiger partial charge in [-0.15, -0.1) is 0 Å². The van der Waals surface area contributed by atoms with Crippen molar-refractivity contribution < 1.29 is 14.3 Å². The van der Waals surface area contributed by atoms with E-state index in [1.165, 1.54) is 0 Å². The molecule has 5 nitrogen and oxygen atoms in total. The van der Waals surface area contributed by atoms with E-state index in [-0.39, 0.29) is 24.1 Å². The van der Waals surface area contributed by atoms with Crippen molar-refractivity contribution in [2.75, 3.05) is 0 Å². The van der Waals surface area contributed by atoms with Crippen LogP contribution in [0, 0.1) is 5.92 Å². The third kappa shape index (κ3) is 5.16. The zero-order chi connectivity index (χ0) is 19.9. The lowest BCUT2D eigenvalue weighted by molar-refractivity contribution is -0.147. The molecule has 0 spiro atoms. The lowest BCUT2D eigenvalue weighted by atomic mass is 10.0. The minimum absolute atomic E-state index is 0.179. The number of carbonyl (C=O) groups excluding carboxylic acids is 2. The molecule has 0 unspecified atom stereocenters. The summed E-state index contributed by atoms with van der Waals surface area (Å²) in [6.07, 6.45) is 2.16. The van der Waals surface area contributed by atoms with Gasteiger partial charge in [-0.1, -0.05) is 68.4 Å². The second-order valence-electron chi connectivity index (χ2n) is 7.17. The van der Waals surface area contributed by atoms with Crippen molar-refractivity contribution in [2.24, 2.45) is 5.92 Å². The predicted octanol–water partition coefficient (Wildman–Crippen LogP) is 4.12. The van der Waals surface area contributed by atoms with Gasteiger partial charge in [-0.05, 0) is 29.4 Å². The van der Waals surface area contributed by atoms with E-state index in [1.807, 2.05) is 68.4 Å². The number of rotatable bonds is 7. The number of amides is 1. The van der Waals surface area contributed by atoms with Gasteiger partial charge in [-0.3, -0.25) is 9.78 Å². The molecule has 1 N–H and O–H groups in total. The summed E-state index contributed by atoms with van der Waals surface area (Å²) in [4.78, 5) is 29.5. The van der Waals surface area contributed by atoms with Gasteiger partial charge in [0.05, 0.1) is 0 Å². The highest BCUT2D eigenvalue weighted by atomic mass is 16.5. The minimum atomic E-state index is -0.718. The second-order valence-corrected chi connectivity index (χ2v) is 7.17. The first kappa shape index (κ1) is 19.5. The normalized spacial score (nSPS) is 12.0. The first-order chi connectivity index (χ1) is 13.5. The molecule has 1 heterocycles.